The fourth-order valence-corrected chi connectivity index (χ4v) is 3.26. The van der Waals surface area contributed by atoms with Crippen LogP contribution in [0.5, 0.6) is 0 Å². The Kier molecular flexibility index (Phi) is 3.05. The van der Waals surface area contributed by atoms with Crippen molar-refractivity contribution < 1.29 is 4.79 Å². The van der Waals surface area contributed by atoms with Crippen LogP contribution in [0.25, 0.3) is 21.8 Å². The van der Waals surface area contributed by atoms with Crippen LogP contribution in [0.1, 0.15) is 16.2 Å². The molecule has 4 heteroatoms. The van der Waals surface area contributed by atoms with Gasteiger partial charge >= 0.3 is 0 Å². The lowest BCUT2D eigenvalue weighted by molar-refractivity contribution is 0.0875. The SMILES string of the molecule is Cc1cc(C)n(C(=O)Cn2c3ccccc3c3ccccc32)n1. The van der Waals surface area contributed by atoms with Crippen molar-refractivity contribution >= 4 is 27.7 Å². The van der Waals surface area contributed by atoms with Gasteiger partial charge in [-0.3, -0.25) is 4.79 Å². The molecule has 2 aromatic carbocycles. The number of fused-ring (bicyclic) bond motifs is 3. The number of carbonyl (C=O) groups is 1. The number of hydrogen-bond acceptors (Lipinski definition) is 2. The first-order chi connectivity index (χ1) is 11.1. The van der Waals surface area contributed by atoms with Crippen LogP contribution in [0.3, 0.4) is 0 Å². The first-order valence-corrected chi connectivity index (χ1v) is 7.67. The number of benzene rings is 2. The Labute approximate surface area is 133 Å². The number of aromatic nitrogens is 3. The maximum atomic E-state index is 12.7. The molecule has 4 nitrogen and oxygen atoms in total. The fourth-order valence-electron chi connectivity index (χ4n) is 3.26. The third kappa shape index (κ3) is 2.14. The Morgan fingerprint density at radius 3 is 2.04 bits per heavy atom. The van der Waals surface area contributed by atoms with E-state index >= 15 is 0 Å². The first kappa shape index (κ1) is 13.8. The predicted molar refractivity (Wildman–Crippen MR) is 91.8 cm³/mol. The number of hydrogen-bond donors (Lipinski definition) is 0. The second kappa shape index (κ2) is 5.09. The van der Waals surface area contributed by atoms with E-state index in [4.69, 9.17) is 0 Å². The Hall–Kier alpha value is -2.88. The zero-order chi connectivity index (χ0) is 16.0. The number of carbonyl (C=O) groups excluding carboxylic acids is 1. The molecule has 0 saturated heterocycles. The summed E-state index contributed by atoms with van der Waals surface area (Å²) in [4.78, 5) is 12.7. The van der Waals surface area contributed by atoms with Crippen LogP contribution >= 0.6 is 0 Å². The third-order valence-electron chi connectivity index (χ3n) is 4.22. The Morgan fingerprint density at radius 2 is 1.52 bits per heavy atom. The molecule has 0 fully saturated rings. The van der Waals surface area contributed by atoms with Gasteiger partial charge in [-0.2, -0.15) is 5.10 Å². The van der Waals surface area contributed by atoms with Crippen molar-refractivity contribution in [3.05, 3.63) is 66.0 Å². The average Bonchev–Trinajstić information content (AvgIpc) is 3.06. The van der Waals surface area contributed by atoms with Crippen molar-refractivity contribution in [2.24, 2.45) is 0 Å². The molecule has 4 aromatic rings. The van der Waals surface area contributed by atoms with E-state index in [0.717, 1.165) is 22.4 Å². The third-order valence-corrected chi connectivity index (χ3v) is 4.22. The number of para-hydroxylation sites is 2. The second-order valence-corrected chi connectivity index (χ2v) is 5.85. The average molecular weight is 303 g/mol. The standard InChI is InChI=1S/C19H17N3O/c1-13-11-14(2)22(20-13)19(23)12-21-17-9-5-3-7-15(17)16-8-4-6-10-18(16)21/h3-11H,12H2,1-2H3. The summed E-state index contributed by atoms with van der Waals surface area (Å²) in [5.74, 6) is -0.0258. The summed E-state index contributed by atoms with van der Waals surface area (Å²) < 4.78 is 3.57. The van der Waals surface area contributed by atoms with Crippen molar-refractivity contribution in [1.82, 2.24) is 14.3 Å². The minimum Gasteiger partial charge on any atom is -0.331 e. The lowest BCUT2D eigenvalue weighted by Gasteiger charge is -2.08. The normalized spacial score (nSPS) is 11.4. The number of nitrogens with zero attached hydrogens (tertiary/aromatic N) is 3. The van der Waals surface area contributed by atoms with Gasteiger partial charge in [0, 0.05) is 27.5 Å². The van der Waals surface area contributed by atoms with Gasteiger partial charge in [-0.15, -0.1) is 0 Å². The van der Waals surface area contributed by atoms with Gasteiger partial charge in [-0.05, 0) is 32.0 Å². The molecule has 0 atom stereocenters. The van der Waals surface area contributed by atoms with Gasteiger partial charge in [0.1, 0.15) is 6.54 Å². The summed E-state index contributed by atoms with van der Waals surface area (Å²) in [5.41, 5.74) is 3.87. The quantitative estimate of drug-likeness (QED) is 0.562. The van der Waals surface area contributed by atoms with Crippen LogP contribution < -0.4 is 0 Å². The van der Waals surface area contributed by atoms with Gasteiger partial charge in [-0.1, -0.05) is 36.4 Å². The van der Waals surface area contributed by atoms with E-state index in [1.807, 2.05) is 44.2 Å². The Morgan fingerprint density at radius 1 is 0.957 bits per heavy atom. The summed E-state index contributed by atoms with van der Waals surface area (Å²) in [6.07, 6.45) is 0. The van der Waals surface area contributed by atoms with Crippen LogP contribution in [0, 0.1) is 13.8 Å². The lowest BCUT2D eigenvalue weighted by atomic mass is 10.2. The van der Waals surface area contributed by atoms with Gasteiger partial charge in [-0.25, -0.2) is 4.68 Å². The molecule has 2 aromatic heterocycles. The van der Waals surface area contributed by atoms with E-state index < -0.39 is 0 Å². The van der Waals surface area contributed by atoms with Crippen molar-refractivity contribution in [3.8, 4) is 0 Å². The minimum atomic E-state index is -0.0258. The highest BCUT2D eigenvalue weighted by Crippen LogP contribution is 2.28. The second-order valence-electron chi connectivity index (χ2n) is 5.85. The Balaban J connectivity index is 1.87. The van der Waals surface area contributed by atoms with Crippen LogP contribution in [-0.2, 0) is 6.54 Å². The van der Waals surface area contributed by atoms with E-state index in [9.17, 15) is 4.79 Å². The van der Waals surface area contributed by atoms with E-state index in [2.05, 4.69) is 33.9 Å². The van der Waals surface area contributed by atoms with E-state index in [1.165, 1.54) is 15.5 Å². The molecule has 0 aliphatic heterocycles. The maximum Gasteiger partial charge on any atom is 0.267 e. The van der Waals surface area contributed by atoms with Gasteiger partial charge < -0.3 is 4.57 Å². The van der Waals surface area contributed by atoms with E-state index in [-0.39, 0.29) is 12.5 Å². The highest BCUT2D eigenvalue weighted by Gasteiger charge is 2.15. The van der Waals surface area contributed by atoms with Gasteiger partial charge in [0.05, 0.1) is 5.69 Å². The lowest BCUT2D eigenvalue weighted by Crippen LogP contribution is -2.20. The van der Waals surface area contributed by atoms with Crippen LogP contribution in [0.15, 0.2) is 54.6 Å². The van der Waals surface area contributed by atoms with Crippen LogP contribution in [0.4, 0.5) is 0 Å². The molecular formula is C19H17N3O. The van der Waals surface area contributed by atoms with E-state index in [1.54, 1.807) is 0 Å². The van der Waals surface area contributed by atoms with Gasteiger partial charge in [0.15, 0.2) is 0 Å². The van der Waals surface area contributed by atoms with Crippen molar-refractivity contribution in [3.63, 3.8) is 0 Å². The summed E-state index contributed by atoms with van der Waals surface area (Å²) in [6.45, 7) is 4.08. The number of aryl methyl sites for hydroxylation is 2. The molecule has 4 rings (SSSR count). The maximum absolute atomic E-state index is 12.7. The van der Waals surface area contributed by atoms with E-state index in [0.29, 0.717) is 0 Å². The predicted octanol–water partition coefficient (Wildman–Crippen LogP) is 3.95. The summed E-state index contributed by atoms with van der Waals surface area (Å²) in [6, 6.07) is 18.3. The molecule has 0 unspecified atom stereocenters. The molecule has 0 amide bonds. The number of rotatable bonds is 2. The van der Waals surface area contributed by atoms with Gasteiger partial charge in [0.2, 0.25) is 0 Å². The molecule has 2 heterocycles. The molecule has 0 bridgehead atoms. The molecule has 0 N–H and O–H groups in total. The van der Waals surface area contributed by atoms with Crippen molar-refractivity contribution in [2.45, 2.75) is 20.4 Å². The highest BCUT2D eigenvalue weighted by atomic mass is 16.2. The molecule has 0 aliphatic rings. The van der Waals surface area contributed by atoms with Crippen molar-refractivity contribution in [2.75, 3.05) is 0 Å². The molecular weight excluding hydrogens is 286 g/mol. The van der Waals surface area contributed by atoms with Crippen molar-refractivity contribution in [1.29, 1.82) is 0 Å². The summed E-state index contributed by atoms with van der Waals surface area (Å²) in [5, 5.41) is 6.65. The highest BCUT2D eigenvalue weighted by molar-refractivity contribution is 6.08. The molecule has 23 heavy (non-hydrogen) atoms. The minimum absolute atomic E-state index is 0.0258. The topological polar surface area (TPSA) is 39.8 Å². The van der Waals surface area contributed by atoms with Crippen LogP contribution in [0.2, 0.25) is 0 Å². The zero-order valence-electron chi connectivity index (χ0n) is 13.2. The molecule has 0 spiro atoms. The van der Waals surface area contributed by atoms with Gasteiger partial charge in [0.25, 0.3) is 5.91 Å². The monoisotopic (exact) mass is 303 g/mol. The molecule has 114 valence electrons. The first-order valence-electron chi connectivity index (χ1n) is 7.67. The molecule has 0 radical (unpaired) electrons. The summed E-state index contributed by atoms with van der Waals surface area (Å²) >= 11 is 0. The zero-order valence-corrected chi connectivity index (χ0v) is 13.2. The molecule has 0 saturated carbocycles. The van der Waals surface area contributed by atoms with Crippen LogP contribution in [-0.4, -0.2) is 20.3 Å². The summed E-state index contributed by atoms with van der Waals surface area (Å²) in [7, 11) is 0. The largest absolute Gasteiger partial charge is 0.331 e. The fraction of sp³-hybridized carbons (Fsp3) is 0.158. The Bertz CT molecular complexity index is 986. The molecule has 0 aliphatic carbocycles. The smallest absolute Gasteiger partial charge is 0.267 e.